The van der Waals surface area contributed by atoms with Crippen molar-refractivity contribution in [2.45, 2.75) is 57.2 Å². The molecule has 1 aromatic carbocycles. The lowest BCUT2D eigenvalue weighted by molar-refractivity contribution is -0.164. The number of benzene rings is 1. The number of carbonyl (C=O) groups excluding carboxylic acids is 4. The van der Waals surface area contributed by atoms with E-state index in [9.17, 15) is 19.2 Å². The number of pyridine rings is 2. The van der Waals surface area contributed by atoms with Crippen LogP contribution in [0.5, 0.6) is 0 Å². The van der Waals surface area contributed by atoms with Crippen LogP contribution >= 0.6 is 0 Å². The first-order valence-electron chi connectivity index (χ1n) is 13.3. The van der Waals surface area contributed by atoms with Crippen molar-refractivity contribution < 1.29 is 23.9 Å². The average Bonchev–Trinajstić information content (AvgIpc) is 2.92. The molecule has 0 radical (unpaired) electrons. The predicted octanol–water partition coefficient (Wildman–Crippen LogP) is 3.55. The SMILES string of the molecule is CC(C)(C)OC(=O)N[C@@H](CCN1C(=O)C[C@]1(Cc1ccccc1)C(=O)Nc1ccncc1)C(=O)Nc1ccncc1. The second-order valence-electron chi connectivity index (χ2n) is 10.8. The molecule has 0 unspecified atom stereocenters. The van der Waals surface area contributed by atoms with Gasteiger partial charge < -0.3 is 25.6 Å². The molecule has 1 aliphatic heterocycles. The van der Waals surface area contributed by atoms with Crippen LogP contribution in [0, 0.1) is 0 Å². The number of likely N-dealkylation sites (tertiary alicyclic amines) is 1. The zero-order valence-electron chi connectivity index (χ0n) is 23.3. The topological polar surface area (TPSA) is 143 Å². The number of amides is 4. The summed E-state index contributed by atoms with van der Waals surface area (Å²) in [5.74, 6) is -1.06. The molecule has 41 heavy (non-hydrogen) atoms. The van der Waals surface area contributed by atoms with E-state index in [1.807, 2.05) is 30.3 Å². The van der Waals surface area contributed by atoms with Crippen molar-refractivity contribution in [2.24, 2.45) is 0 Å². The summed E-state index contributed by atoms with van der Waals surface area (Å²) in [5.41, 5.74) is -0.0259. The van der Waals surface area contributed by atoms with Crippen LogP contribution in [0.2, 0.25) is 0 Å². The van der Waals surface area contributed by atoms with Gasteiger partial charge in [-0.15, -0.1) is 0 Å². The summed E-state index contributed by atoms with van der Waals surface area (Å²) in [5, 5.41) is 8.29. The normalized spacial score (nSPS) is 17.1. The van der Waals surface area contributed by atoms with E-state index in [-0.39, 0.29) is 37.6 Å². The monoisotopic (exact) mass is 558 g/mol. The molecule has 1 aliphatic rings. The molecular formula is C30H34N6O5. The second-order valence-corrected chi connectivity index (χ2v) is 10.8. The molecule has 0 spiro atoms. The Morgan fingerprint density at radius 1 is 0.927 bits per heavy atom. The maximum Gasteiger partial charge on any atom is 0.408 e. The zero-order chi connectivity index (χ0) is 29.5. The Morgan fingerprint density at radius 2 is 1.51 bits per heavy atom. The fourth-order valence-electron chi connectivity index (χ4n) is 4.63. The Morgan fingerprint density at radius 3 is 2.07 bits per heavy atom. The van der Waals surface area contributed by atoms with Gasteiger partial charge in [-0.3, -0.25) is 24.4 Å². The van der Waals surface area contributed by atoms with Crippen molar-refractivity contribution in [1.29, 1.82) is 0 Å². The van der Waals surface area contributed by atoms with Gasteiger partial charge in [0, 0.05) is 49.1 Å². The van der Waals surface area contributed by atoms with Gasteiger partial charge >= 0.3 is 6.09 Å². The van der Waals surface area contributed by atoms with E-state index >= 15 is 0 Å². The molecule has 11 heteroatoms. The number of hydrogen-bond acceptors (Lipinski definition) is 7. The number of alkyl carbamates (subject to hydrolysis) is 1. The smallest absolute Gasteiger partial charge is 0.408 e. The van der Waals surface area contributed by atoms with E-state index < -0.39 is 29.2 Å². The number of rotatable bonds is 10. The van der Waals surface area contributed by atoms with E-state index in [2.05, 4.69) is 25.9 Å². The lowest BCUT2D eigenvalue weighted by Crippen LogP contribution is -2.70. The van der Waals surface area contributed by atoms with Crippen molar-refractivity contribution >= 4 is 35.2 Å². The van der Waals surface area contributed by atoms with Crippen LogP contribution in [0.15, 0.2) is 79.4 Å². The lowest BCUT2D eigenvalue weighted by atomic mass is 9.77. The van der Waals surface area contributed by atoms with Crippen LogP contribution in [0.3, 0.4) is 0 Å². The Bertz CT molecular complexity index is 1360. The standard InChI is InChI=1S/C30H34N6O5/c1-29(2,3)41-28(40)35-24(26(38)33-22-9-14-31-15-10-22)13-18-36-25(37)20-30(36,19-21-7-5-4-6-8-21)27(39)34-23-11-16-32-17-12-23/h4-12,14-17,24H,13,18-20H2,1-3H3,(H,35,40)(H,31,33,38)(H,32,34,39)/t24-,30+/m0/s1. The number of carbonyl (C=O) groups is 4. The van der Waals surface area contributed by atoms with Gasteiger partial charge in [-0.05, 0) is 57.0 Å². The molecule has 1 fully saturated rings. The van der Waals surface area contributed by atoms with Crippen LogP contribution in [-0.4, -0.2) is 62.4 Å². The molecule has 3 heterocycles. The summed E-state index contributed by atoms with van der Waals surface area (Å²) in [6.45, 7) is 5.20. The molecule has 4 rings (SSSR count). The van der Waals surface area contributed by atoms with Gasteiger partial charge in [0.1, 0.15) is 17.2 Å². The Labute approximate surface area is 238 Å². The minimum Gasteiger partial charge on any atom is -0.444 e. The minimum atomic E-state index is -1.18. The Kier molecular flexibility index (Phi) is 8.96. The molecule has 3 N–H and O–H groups in total. The molecule has 0 aliphatic carbocycles. The van der Waals surface area contributed by atoms with Gasteiger partial charge in [-0.2, -0.15) is 0 Å². The molecule has 4 amide bonds. The second kappa shape index (κ2) is 12.6. The van der Waals surface area contributed by atoms with Gasteiger partial charge in [0.05, 0.1) is 6.42 Å². The summed E-state index contributed by atoms with van der Waals surface area (Å²) >= 11 is 0. The largest absolute Gasteiger partial charge is 0.444 e. The van der Waals surface area contributed by atoms with Crippen molar-refractivity contribution in [3.63, 3.8) is 0 Å². The summed E-state index contributed by atoms with van der Waals surface area (Å²) in [6, 6.07) is 15.0. The fraction of sp³-hybridized carbons (Fsp3) is 0.333. The first kappa shape index (κ1) is 29.2. The van der Waals surface area contributed by atoms with Gasteiger partial charge in [0.15, 0.2) is 0 Å². The van der Waals surface area contributed by atoms with Crippen LogP contribution in [-0.2, 0) is 25.5 Å². The number of aromatic nitrogens is 2. The summed E-state index contributed by atoms with van der Waals surface area (Å²) < 4.78 is 5.37. The highest BCUT2D eigenvalue weighted by atomic mass is 16.6. The molecule has 1 saturated heterocycles. The number of anilines is 2. The van der Waals surface area contributed by atoms with Crippen LogP contribution in [0.4, 0.5) is 16.2 Å². The van der Waals surface area contributed by atoms with Gasteiger partial charge in [0.2, 0.25) is 11.8 Å². The molecule has 11 nitrogen and oxygen atoms in total. The molecule has 2 aromatic heterocycles. The Hall–Kier alpha value is -4.80. The van der Waals surface area contributed by atoms with E-state index in [0.717, 1.165) is 5.56 Å². The van der Waals surface area contributed by atoms with Gasteiger partial charge in [-0.25, -0.2) is 4.79 Å². The number of hydrogen-bond donors (Lipinski definition) is 3. The minimum absolute atomic E-state index is 0.00613. The molecular weight excluding hydrogens is 524 g/mol. The van der Waals surface area contributed by atoms with Crippen molar-refractivity contribution in [1.82, 2.24) is 20.2 Å². The number of β-lactam (4-membered cyclic amide) rings is 1. The third-order valence-corrected chi connectivity index (χ3v) is 6.56. The van der Waals surface area contributed by atoms with Crippen molar-refractivity contribution in [2.75, 3.05) is 17.2 Å². The van der Waals surface area contributed by atoms with E-state index in [1.165, 1.54) is 17.3 Å². The van der Waals surface area contributed by atoms with E-state index in [0.29, 0.717) is 11.4 Å². The van der Waals surface area contributed by atoms with Crippen LogP contribution in [0.25, 0.3) is 0 Å². The molecule has 0 bridgehead atoms. The third-order valence-electron chi connectivity index (χ3n) is 6.56. The lowest BCUT2D eigenvalue weighted by Gasteiger charge is -2.51. The van der Waals surface area contributed by atoms with Gasteiger partial charge in [-0.1, -0.05) is 30.3 Å². The highest BCUT2D eigenvalue weighted by Crippen LogP contribution is 2.37. The molecule has 3 aromatic rings. The van der Waals surface area contributed by atoms with Gasteiger partial charge in [0.25, 0.3) is 5.91 Å². The zero-order valence-corrected chi connectivity index (χ0v) is 23.3. The Balaban J connectivity index is 1.56. The van der Waals surface area contributed by atoms with E-state index in [4.69, 9.17) is 4.74 Å². The predicted molar refractivity (Wildman–Crippen MR) is 153 cm³/mol. The first-order chi connectivity index (χ1) is 19.6. The van der Waals surface area contributed by atoms with Crippen LogP contribution in [0.1, 0.15) is 39.2 Å². The highest BCUT2D eigenvalue weighted by Gasteiger charge is 2.56. The summed E-state index contributed by atoms with van der Waals surface area (Å²) in [6.07, 6.45) is 5.76. The maximum atomic E-state index is 13.7. The van der Waals surface area contributed by atoms with Crippen molar-refractivity contribution in [3.8, 4) is 0 Å². The average molecular weight is 559 g/mol. The quantitative estimate of drug-likeness (QED) is 0.323. The summed E-state index contributed by atoms with van der Waals surface area (Å²) in [4.78, 5) is 62.0. The fourth-order valence-corrected chi connectivity index (χ4v) is 4.63. The van der Waals surface area contributed by atoms with Crippen LogP contribution < -0.4 is 16.0 Å². The van der Waals surface area contributed by atoms with E-state index in [1.54, 1.807) is 57.4 Å². The third kappa shape index (κ3) is 7.65. The molecule has 214 valence electrons. The highest BCUT2D eigenvalue weighted by molar-refractivity contribution is 6.07. The maximum absolute atomic E-state index is 13.7. The molecule has 0 saturated carbocycles. The molecule has 2 atom stereocenters. The summed E-state index contributed by atoms with van der Waals surface area (Å²) in [7, 11) is 0. The number of nitrogens with one attached hydrogen (secondary N) is 3. The first-order valence-corrected chi connectivity index (χ1v) is 13.3. The van der Waals surface area contributed by atoms with Crippen molar-refractivity contribution in [3.05, 3.63) is 84.9 Å². The number of nitrogens with zero attached hydrogens (tertiary/aromatic N) is 3. The number of ether oxygens (including phenoxy) is 1.